The highest BCUT2D eigenvalue weighted by Gasteiger charge is 2.38. The molecule has 2 saturated heterocycles. The lowest BCUT2D eigenvalue weighted by Crippen LogP contribution is -2.47. The molecule has 0 unspecified atom stereocenters. The summed E-state index contributed by atoms with van der Waals surface area (Å²) in [5.74, 6) is 1.20. The number of hydrogen-bond donors (Lipinski definition) is 0. The maximum atomic E-state index is 13.0. The number of amides is 1. The molecular weight excluding hydrogens is 292 g/mol. The molecule has 4 heteroatoms. The van der Waals surface area contributed by atoms with Gasteiger partial charge in [0.2, 0.25) is 0 Å². The molecular formula is C18H26N2OS. The van der Waals surface area contributed by atoms with Crippen LogP contribution in [0.2, 0.25) is 0 Å². The zero-order chi connectivity index (χ0) is 15.5. The fourth-order valence-electron chi connectivity index (χ4n) is 3.99. The van der Waals surface area contributed by atoms with Gasteiger partial charge in [0.05, 0.1) is 0 Å². The monoisotopic (exact) mass is 318 g/mol. The molecule has 0 bridgehead atoms. The smallest absolute Gasteiger partial charge is 0.254 e. The molecule has 0 aromatic heterocycles. The third-order valence-corrected chi connectivity index (χ3v) is 5.69. The summed E-state index contributed by atoms with van der Waals surface area (Å²) in [7, 11) is 2.21. The summed E-state index contributed by atoms with van der Waals surface area (Å²) in [5, 5.41) is 0. The largest absolute Gasteiger partial charge is 0.334 e. The van der Waals surface area contributed by atoms with Gasteiger partial charge >= 0.3 is 0 Å². The summed E-state index contributed by atoms with van der Waals surface area (Å²) in [6.45, 7) is 2.09. The maximum absolute atomic E-state index is 13.0. The number of nitrogens with zero attached hydrogens (tertiary/aromatic N) is 2. The van der Waals surface area contributed by atoms with Gasteiger partial charge in [0, 0.05) is 29.9 Å². The van der Waals surface area contributed by atoms with Crippen LogP contribution in [-0.2, 0) is 5.75 Å². The molecule has 0 radical (unpaired) electrons. The van der Waals surface area contributed by atoms with Gasteiger partial charge in [0.25, 0.3) is 5.91 Å². The number of carbonyl (C=O) groups is 1. The number of carbonyl (C=O) groups excluding carboxylic acids is 1. The van der Waals surface area contributed by atoms with Crippen LogP contribution >= 0.6 is 11.8 Å². The maximum Gasteiger partial charge on any atom is 0.254 e. The average Bonchev–Trinajstić information content (AvgIpc) is 3.15. The number of likely N-dealkylation sites (N-methyl/N-ethyl adjacent to an activating group) is 1. The molecule has 1 amide bonds. The van der Waals surface area contributed by atoms with Crippen molar-refractivity contribution in [2.75, 3.05) is 26.4 Å². The highest BCUT2D eigenvalue weighted by atomic mass is 32.2. The quantitative estimate of drug-likeness (QED) is 0.851. The number of rotatable bonds is 4. The summed E-state index contributed by atoms with van der Waals surface area (Å²) >= 11 is 1.80. The zero-order valence-electron chi connectivity index (χ0n) is 13.6. The Bertz CT molecular complexity index is 534. The van der Waals surface area contributed by atoms with E-state index in [0.717, 1.165) is 30.7 Å². The molecule has 0 N–H and O–H groups in total. The van der Waals surface area contributed by atoms with E-state index >= 15 is 0 Å². The molecule has 2 aliphatic heterocycles. The van der Waals surface area contributed by atoms with Crippen LogP contribution in [0.1, 0.15) is 41.6 Å². The fourth-order valence-corrected chi connectivity index (χ4v) is 4.51. The molecule has 2 aliphatic rings. The molecule has 2 fully saturated rings. The molecule has 2 atom stereocenters. The van der Waals surface area contributed by atoms with Crippen LogP contribution < -0.4 is 0 Å². The summed E-state index contributed by atoms with van der Waals surface area (Å²) in [5.41, 5.74) is 2.10. The van der Waals surface area contributed by atoms with Crippen LogP contribution in [0, 0.1) is 0 Å². The van der Waals surface area contributed by atoms with Crippen molar-refractivity contribution in [3.05, 3.63) is 35.4 Å². The molecule has 0 saturated carbocycles. The molecule has 1 aromatic carbocycles. The van der Waals surface area contributed by atoms with E-state index in [9.17, 15) is 4.79 Å². The average molecular weight is 318 g/mol. The van der Waals surface area contributed by atoms with Gasteiger partial charge in [-0.3, -0.25) is 4.79 Å². The van der Waals surface area contributed by atoms with Crippen LogP contribution in [0.5, 0.6) is 0 Å². The Kier molecular flexibility index (Phi) is 5.09. The normalized spacial score (nSPS) is 25.8. The van der Waals surface area contributed by atoms with Crippen molar-refractivity contribution in [2.24, 2.45) is 0 Å². The van der Waals surface area contributed by atoms with Gasteiger partial charge in [-0.25, -0.2) is 0 Å². The second-order valence-electron chi connectivity index (χ2n) is 6.53. The van der Waals surface area contributed by atoms with Crippen molar-refractivity contribution in [3.63, 3.8) is 0 Å². The molecule has 3 nitrogen and oxygen atoms in total. The molecule has 0 spiro atoms. The summed E-state index contributed by atoms with van der Waals surface area (Å²) in [6.07, 6.45) is 6.90. The predicted molar refractivity (Wildman–Crippen MR) is 93.4 cm³/mol. The van der Waals surface area contributed by atoms with Crippen LogP contribution in [0.4, 0.5) is 0 Å². The standard InChI is InChI=1S/C18H26N2OS/c1-19-10-4-8-16(19)17-9-5-11-20(17)18(21)15-7-3-6-14(12-15)13-22-2/h3,6-7,12,16-17H,4-5,8-11,13H2,1-2H3/t16-,17-/m0/s1. The second-order valence-corrected chi connectivity index (χ2v) is 7.40. The lowest BCUT2D eigenvalue weighted by molar-refractivity contribution is 0.0664. The molecule has 0 aliphatic carbocycles. The Hall–Kier alpha value is -1.00. The number of hydrogen-bond acceptors (Lipinski definition) is 3. The van der Waals surface area contributed by atoms with Crippen molar-refractivity contribution in [1.82, 2.24) is 9.80 Å². The lowest BCUT2D eigenvalue weighted by atomic mass is 10.0. The van der Waals surface area contributed by atoms with Crippen LogP contribution in [0.25, 0.3) is 0 Å². The number of likely N-dealkylation sites (tertiary alicyclic amines) is 2. The Labute approximate surface area is 138 Å². The van der Waals surface area contributed by atoms with Crippen LogP contribution in [-0.4, -0.2) is 54.2 Å². The number of thioether (sulfide) groups is 1. The van der Waals surface area contributed by atoms with Crippen molar-refractivity contribution in [1.29, 1.82) is 0 Å². The van der Waals surface area contributed by atoms with Crippen molar-refractivity contribution >= 4 is 17.7 Å². The fraction of sp³-hybridized carbons (Fsp3) is 0.611. The summed E-state index contributed by atoms with van der Waals surface area (Å²) in [6, 6.07) is 9.14. The SMILES string of the molecule is CSCc1cccc(C(=O)N2CCC[C@H]2[C@@H]2CCCN2C)c1. The third kappa shape index (κ3) is 3.18. The molecule has 1 aromatic rings. The highest BCUT2D eigenvalue weighted by molar-refractivity contribution is 7.97. The molecule has 2 heterocycles. The van der Waals surface area contributed by atoms with Gasteiger partial charge in [0.1, 0.15) is 0 Å². The van der Waals surface area contributed by atoms with E-state index in [1.54, 1.807) is 11.8 Å². The zero-order valence-corrected chi connectivity index (χ0v) is 14.4. The van der Waals surface area contributed by atoms with E-state index in [0.29, 0.717) is 12.1 Å². The Morgan fingerprint density at radius 2 is 2.00 bits per heavy atom. The van der Waals surface area contributed by atoms with Gasteiger partial charge in [-0.2, -0.15) is 11.8 Å². The van der Waals surface area contributed by atoms with E-state index in [-0.39, 0.29) is 5.91 Å². The Balaban J connectivity index is 1.77. The summed E-state index contributed by atoms with van der Waals surface area (Å²) < 4.78 is 0. The summed E-state index contributed by atoms with van der Waals surface area (Å²) in [4.78, 5) is 17.6. The van der Waals surface area contributed by atoms with Crippen LogP contribution in [0.15, 0.2) is 24.3 Å². The van der Waals surface area contributed by atoms with Gasteiger partial charge in [-0.05, 0) is 63.2 Å². The van der Waals surface area contributed by atoms with Crippen molar-refractivity contribution in [3.8, 4) is 0 Å². The molecule has 22 heavy (non-hydrogen) atoms. The minimum atomic E-state index is 0.228. The van der Waals surface area contributed by atoms with E-state index in [4.69, 9.17) is 0 Å². The minimum absolute atomic E-state index is 0.228. The van der Waals surface area contributed by atoms with E-state index in [1.165, 1.54) is 24.9 Å². The van der Waals surface area contributed by atoms with E-state index in [1.807, 2.05) is 12.1 Å². The topological polar surface area (TPSA) is 23.6 Å². The molecule has 120 valence electrons. The first-order chi connectivity index (χ1) is 10.7. The second kappa shape index (κ2) is 7.05. The van der Waals surface area contributed by atoms with Gasteiger partial charge in [-0.15, -0.1) is 0 Å². The van der Waals surface area contributed by atoms with Crippen LogP contribution in [0.3, 0.4) is 0 Å². The van der Waals surface area contributed by atoms with E-state index in [2.05, 4.69) is 35.2 Å². The van der Waals surface area contributed by atoms with Gasteiger partial charge < -0.3 is 9.80 Å². The third-order valence-electron chi connectivity index (χ3n) is 5.07. The van der Waals surface area contributed by atoms with Gasteiger partial charge in [-0.1, -0.05) is 12.1 Å². The molecule has 3 rings (SSSR count). The highest BCUT2D eigenvalue weighted by Crippen LogP contribution is 2.30. The van der Waals surface area contributed by atoms with Gasteiger partial charge in [0.15, 0.2) is 0 Å². The first-order valence-electron chi connectivity index (χ1n) is 8.30. The van der Waals surface area contributed by atoms with Crippen molar-refractivity contribution < 1.29 is 4.79 Å². The first kappa shape index (κ1) is 15.9. The predicted octanol–water partition coefficient (Wildman–Crippen LogP) is 3.25. The lowest BCUT2D eigenvalue weighted by Gasteiger charge is -2.33. The first-order valence-corrected chi connectivity index (χ1v) is 9.69. The number of benzene rings is 1. The van der Waals surface area contributed by atoms with E-state index < -0.39 is 0 Å². The Morgan fingerprint density at radius 3 is 2.73 bits per heavy atom. The minimum Gasteiger partial charge on any atom is -0.334 e. The Morgan fingerprint density at radius 1 is 1.23 bits per heavy atom. The van der Waals surface area contributed by atoms with Crippen molar-refractivity contribution in [2.45, 2.75) is 43.5 Å².